The molecule has 0 rings (SSSR count). The SMILES string of the molecule is CC(C)(C)CC(OC(=O)C=CC(=O)O)(C(F)(F)C(F)(F)C(F)CC(F)(F)F)[Si](O[SiH3])(O[Si](C)(C)C)O[Si](C)(C)C. The fourth-order valence-electron chi connectivity index (χ4n) is 3.70. The number of carboxylic acids is 1. The van der Waals surface area contributed by atoms with Gasteiger partial charge in [0.05, 0.1) is 6.42 Å². The van der Waals surface area contributed by atoms with Crippen LogP contribution in [0.15, 0.2) is 12.2 Å². The largest absolute Gasteiger partial charge is 0.522 e. The van der Waals surface area contributed by atoms with Crippen molar-refractivity contribution in [3.63, 3.8) is 0 Å². The number of rotatable bonds is 14. The van der Waals surface area contributed by atoms with E-state index < -0.39 is 95.5 Å². The molecular formula is C21H38F8O7Si4. The van der Waals surface area contributed by atoms with Crippen molar-refractivity contribution in [1.29, 1.82) is 0 Å². The second-order valence-corrected chi connectivity index (χ2v) is 26.0. The van der Waals surface area contributed by atoms with Crippen LogP contribution >= 0.6 is 0 Å². The molecule has 0 aliphatic carbocycles. The first-order valence-electron chi connectivity index (χ1n) is 11.9. The smallest absolute Gasteiger partial charge is 0.478 e. The predicted octanol–water partition coefficient (Wildman–Crippen LogP) is 5.38. The molecule has 0 radical (unpaired) electrons. The van der Waals surface area contributed by atoms with Crippen LogP contribution in [0.1, 0.15) is 33.6 Å². The average molecular weight is 667 g/mol. The zero-order valence-electron chi connectivity index (χ0n) is 24.1. The number of esters is 1. The van der Waals surface area contributed by atoms with Crippen molar-refractivity contribution >= 4 is 47.9 Å². The first-order chi connectivity index (χ1) is 17.4. The van der Waals surface area contributed by atoms with Crippen molar-refractivity contribution in [2.24, 2.45) is 5.41 Å². The molecule has 2 unspecified atom stereocenters. The van der Waals surface area contributed by atoms with Gasteiger partial charge >= 0.3 is 38.8 Å². The Morgan fingerprint density at radius 3 is 1.60 bits per heavy atom. The highest BCUT2D eigenvalue weighted by Crippen LogP contribution is 2.57. The Hall–Kier alpha value is -1.13. The number of hydrogen-bond acceptors (Lipinski definition) is 6. The Bertz CT molecular complexity index is 912. The van der Waals surface area contributed by atoms with Crippen LogP contribution in [0, 0.1) is 5.41 Å². The lowest BCUT2D eigenvalue weighted by Crippen LogP contribution is -2.81. The Kier molecular flexibility index (Phi) is 12.3. The summed E-state index contributed by atoms with van der Waals surface area (Å²) in [5.74, 6) is -15.7. The molecule has 0 aromatic heterocycles. The molecule has 1 N–H and O–H groups in total. The fourth-order valence-corrected chi connectivity index (χ4v) is 17.0. The van der Waals surface area contributed by atoms with Crippen LogP contribution in [-0.2, 0) is 26.7 Å². The molecule has 0 saturated heterocycles. The number of aliphatic carboxylic acids is 1. The van der Waals surface area contributed by atoms with Crippen LogP contribution in [0.5, 0.6) is 0 Å². The average Bonchev–Trinajstić information content (AvgIpc) is 2.66. The summed E-state index contributed by atoms with van der Waals surface area (Å²) in [4.78, 5) is 23.7. The summed E-state index contributed by atoms with van der Waals surface area (Å²) in [7, 11) is -12.4. The van der Waals surface area contributed by atoms with Gasteiger partial charge in [-0.2, -0.15) is 30.7 Å². The predicted molar refractivity (Wildman–Crippen MR) is 141 cm³/mol. The first kappa shape index (κ1) is 38.9. The van der Waals surface area contributed by atoms with Crippen LogP contribution in [0.3, 0.4) is 0 Å². The van der Waals surface area contributed by atoms with Crippen LogP contribution in [0.25, 0.3) is 0 Å². The number of halogens is 8. The minimum Gasteiger partial charge on any atom is -0.478 e. The number of carboxylic acid groups (broad SMARTS) is 1. The highest BCUT2D eigenvalue weighted by Gasteiger charge is 2.85. The van der Waals surface area contributed by atoms with Gasteiger partial charge in [-0.05, 0) is 44.7 Å². The van der Waals surface area contributed by atoms with Gasteiger partial charge in [-0.25, -0.2) is 14.0 Å². The number of hydrogen-bond donors (Lipinski definition) is 1. The van der Waals surface area contributed by atoms with E-state index in [1.165, 1.54) is 60.1 Å². The Morgan fingerprint density at radius 1 is 0.875 bits per heavy atom. The lowest BCUT2D eigenvalue weighted by atomic mass is 9.84. The summed E-state index contributed by atoms with van der Waals surface area (Å²) < 4.78 is 140. The summed E-state index contributed by atoms with van der Waals surface area (Å²) in [5.41, 5.74) is -1.48. The second kappa shape index (κ2) is 12.6. The van der Waals surface area contributed by atoms with Crippen molar-refractivity contribution < 1.29 is 66.9 Å². The van der Waals surface area contributed by atoms with Crippen LogP contribution in [0.4, 0.5) is 35.1 Å². The zero-order valence-corrected chi connectivity index (χ0v) is 29.1. The number of carbonyl (C=O) groups excluding carboxylic acids is 1. The maximum atomic E-state index is 16.5. The maximum absolute atomic E-state index is 16.5. The first-order valence-corrected chi connectivity index (χ1v) is 21.3. The van der Waals surface area contributed by atoms with E-state index in [0.717, 1.165) is 0 Å². The van der Waals surface area contributed by atoms with Gasteiger partial charge in [-0.3, -0.25) is 0 Å². The van der Waals surface area contributed by atoms with E-state index in [-0.39, 0.29) is 12.2 Å². The Labute approximate surface area is 234 Å². The lowest BCUT2D eigenvalue weighted by molar-refractivity contribution is -0.313. The molecule has 0 saturated carbocycles. The highest BCUT2D eigenvalue weighted by molar-refractivity contribution is 6.87. The van der Waals surface area contributed by atoms with E-state index in [2.05, 4.69) is 0 Å². The normalized spacial score (nSPS) is 17.1. The fraction of sp³-hybridized carbons (Fsp3) is 0.810. The summed E-state index contributed by atoms with van der Waals surface area (Å²) in [5, 5.41) is 4.86. The van der Waals surface area contributed by atoms with Crippen molar-refractivity contribution in [3.05, 3.63) is 12.2 Å². The third-order valence-electron chi connectivity index (χ3n) is 4.79. The summed E-state index contributed by atoms with van der Waals surface area (Å²) in [6.07, 6.45) is -13.9. The van der Waals surface area contributed by atoms with Crippen LogP contribution < -0.4 is 0 Å². The van der Waals surface area contributed by atoms with Gasteiger partial charge in [-0.15, -0.1) is 0 Å². The van der Waals surface area contributed by atoms with Gasteiger partial charge in [0.15, 0.2) is 22.8 Å². The van der Waals surface area contributed by atoms with Crippen LogP contribution in [0.2, 0.25) is 39.3 Å². The van der Waals surface area contributed by atoms with E-state index in [0.29, 0.717) is 0 Å². The molecule has 19 heteroatoms. The highest BCUT2D eigenvalue weighted by atomic mass is 28.5. The van der Waals surface area contributed by atoms with Crippen molar-refractivity contribution in [3.8, 4) is 0 Å². The summed E-state index contributed by atoms with van der Waals surface area (Å²) in [6.45, 7) is 12.5. The second-order valence-electron chi connectivity index (χ2n) is 12.3. The van der Waals surface area contributed by atoms with Gasteiger partial charge in [0.25, 0.3) is 0 Å². The molecule has 0 spiro atoms. The van der Waals surface area contributed by atoms with Gasteiger partial charge in [0.1, 0.15) is 10.5 Å². The molecule has 0 amide bonds. The monoisotopic (exact) mass is 666 g/mol. The van der Waals surface area contributed by atoms with Crippen molar-refractivity contribution in [1.82, 2.24) is 0 Å². The van der Waals surface area contributed by atoms with E-state index >= 15 is 17.6 Å². The molecule has 0 aliphatic rings. The zero-order chi connectivity index (χ0) is 32.4. The number of alkyl halides is 8. The minimum atomic E-state index is -6.10. The van der Waals surface area contributed by atoms with Gasteiger partial charge in [0.2, 0.25) is 5.22 Å². The molecule has 0 bridgehead atoms. The van der Waals surface area contributed by atoms with Crippen molar-refractivity contribution in [2.45, 2.75) is 102 Å². The third kappa shape index (κ3) is 10.3. The van der Waals surface area contributed by atoms with Gasteiger partial charge in [0, 0.05) is 18.6 Å². The molecule has 0 aliphatic heterocycles. The summed E-state index contributed by atoms with van der Waals surface area (Å²) >= 11 is 0. The van der Waals surface area contributed by atoms with E-state index in [9.17, 15) is 27.2 Å². The van der Waals surface area contributed by atoms with Crippen molar-refractivity contribution in [2.75, 3.05) is 0 Å². The van der Waals surface area contributed by atoms with E-state index in [1.807, 2.05) is 0 Å². The summed E-state index contributed by atoms with van der Waals surface area (Å²) in [6, 6.07) is 0. The van der Waals surface area contributed by atoms with E-state index in [4.69, 9.17) is 22.2 Å². The Morgan fingerprint density at radius 2 is 1.30 bits per heavy atom. The standard InChI is InChI=1S/C21H38F8O7Si4/c1-17(2,3)13-18(33-16(32)11-10-15(30)31,21(28,29)20(26,27)14(22)12-19(23,24)25)40(34-37,35-38(4,5)6)36-39(7,8)9/h10-11,14H,12-13H2,1-9,37H3,(H,30,31). The minimum absolute atomic E-state index is 0.145. The van der Waals surface area contributed by atoms with E-state index in [1.54, 1.807) is 0 Å². The molecule has 0 heterocycles. The molecule has 2 atom stereocenters. The quantitative estimate of drug-likeness (QED) is 0.115. The molecular weight excluding hydrogens is 629 g/mol. The topological polar surface area (TPSA) is 91.3 Å². The maximum Gasteiger partial charge on any atom is 0.522 e. The van der Waals surface area contributed by atoms with Crippen LogP contribution in [-0.4, -0.2) is 82.4 Å². The molecule has 236 valence electrons. The lowest BCUT2D eigenvalue weighted by Gasteiger charge is -2.54. The number of carbonyl (C=O) groups is 2. The molecule has 0 fully saturated rings. The van der Waals surface area contributed by atoms with Gasteiger partial charge in [-0.1, -0.05) is 20.8 Å². The molecule has 7 nitrogen and oxygen atoms in total. The van der Waals surface area contributed by atoms with Gasteiger partial charge < -0.3 is 22.2 Å². The molecule has 40 heavy (non-hydrogen) atoms. The third-order valence-corrected chi connectivity index (χ3v) is 15.6. The number of ether oxygens (including phenoxy) is 1. The molecule has 0 aromatic carbocycles. The molecule has 0 aromatic rings. The Balaban J connectivity index is 8.09.